The molecule has 238 valence electrons. The molecule has 0 aliphatic heterocycles. The number of furan rings is 1. The topological polar surface area (TPSA) is 56.7 Å². The molecule has 11 aromatic rings. The quantitative estimate of drug-likeness (QED) is 0.187. The molecule has 0 saturated heterocycles. The van der Waals surface area contributed by atoms with Crippen molar-refractivity contribution in [3.05, 3.63) is 158 Å². The molecule has 0 saturated carbocycles. The minimum Gasteiger partial charge on any atom is -0.456 e. The van der Waals surface area contributed by atoms with Crippen molar-refractivity contribution in [3.8, 4) is 39.9 Å². The number of fused-ring (bicyclic) bond motifs is 10. The van der Waals surface area contributed by atoms with Crippen LogP contribution in [0.5, 0.6) is 0 Å². The molecule has 0 aliphatic rings. The van der Waals surface area contributed by atoms with Crippen molar-refractivity contribution in [1.82, 2.24) is 19.5 Å². The van der Waals surface area contributed by atoms with Crippen LogP contribution in [0.25, 0.3) is 104 Å². The Hall–Kier alpha value is -6.63. The lowest BCUT2D eigenvalue weighted by Crippen LogP contribution is -2.01. The standard InChI is InChI=1S/C45H26N4OS/c1-2-11-27(12-3-1)43-46-44(48-45(47-43)34-16-10-19-38-40(34)33-15-5-8-18-37(33)50-38)28-21-23-29(24-22-28)49-35-17-7-4-14-32(35)41-36(49)26-25-31-30-13-6-9-20-39(30)51-42(31)41/h1-26H. The number of nitrogens with zero attached hydrogens (tertiary/aromatic N) is 4. The van der Waals surface area contributed by atoms with Crippen LogP contribution >= 0.6 is 11.3 Å². The predicted octanol–water partition coefficient (Wildman–Crippen LogP) is 12.2. The van der Waals surface area contributed by atoms with Crippen molar-refractivity contribution in [2.24, 2.45) is 0 Å². The lowest BCUT2D eigenvalue weighted by Gasteiger charge is -2.11. The molecule has 11 rings (SSSR count). The molecule has 0 spiro atoms. The second kappa shape index (κ2) is 10.9. The summed E-state index contributed by atoms with van der Waals surface area (Å²) in [6, 6.07) is 54.8. The molecule has 0 radical (unpaired) electrons. The van der Waals surface area contributed by atoms with Crippen LogP contribution in [0, 0.1) is 0 Å². The van der Waals surface area contributed by atoms with Gasteiger partial charge in [-0.25, -0.2) is 15.0 Å². The van der Waals surface area contributed by atoms with E-state index in [9.17, 15) is 0 Å². The minimum absolute atomic E-state index is 0.606. The fourth-order valence-corrected chi connectivity index (χ4v) is 8.83. The van der Waals surface area contributed by atoms with Gasteiger partial charge in [0.05, 0.1) is 11.0 Å². The van der Waals surface area contributed by atoms with Crippen LogP contribution in [0.1, 0.15) is 0 Å². The molecular formula is C45H26N4OS. The molecular weight excluding hydrogens is 645 g/mol. The number of thiophene rings is 1. The van der Waals surface area contributed by atoms with Gasteiger partial charge in [-0.3, -0.25) is 0 Å². The molecule has 0 amide bonds. The van der Waals surface area contributed by atoms with Crippen molar-refractivity contribution < 1.29 is 4.42 Å². The number of rotatable bonds is 4. The van der Waals surface area contributed by atoms with E-state index in [4.69, 9.17) is 19.4 Å². The number of aromatic nitrogens is 4. The molecule has 51 heavy (non-hydrogen) atoms. The summed E-state index contributed by atoms with van der Waals surface area (Å²) in [5.74, 6) is 1.85. The summed E-state index contributed by atoms with van der Waals surface area (Å²) in [4.78, 5) is 15.2. The number of para-hydroxylation sites is 2. The summed E-state index contributed by atoms with van der Waals surface area (Å²) in [6.07, 6.45) is 0. The largest absolute Gasteiger partial charge is 0.456 e. The van der Waals surface area contributed by atoms with E-state index in [1.165, 1.54) is 42.0 Å². The second-order valence-electron chi connectivity index (χ2n) is 12.8. The maximum absolute atomic E-state index is 6.22. The van der Waals surface area contributed by atoms with Gasteiger partial charge < -0.3 is 8.98 Å². The fraction of sp³-hybridized carbons (Fsp3) is 0. The summed E-state index contributed by atoms with van der Waals surface area (Å²) in [7, 11) is 0. The van der Waals surface area contributed by atoms with Gasteiger partial charge in [0.15, 0.2) is 17.5 Å². The Morgan fingerprint density at radius 3 is 1.94 bits per heavy atom. The van der Waals surface area contributed by atoms with Gasteiger partial charge in [-0.2, -0.15) is 0 Å². The Bertz CT molecular complexity index is 3140. The molecule has 0 unspecified atom stereocenters. The van der Waals surface area contributed by atoms with Gasteiger partial charge in [0, 0.05) is 64.1 Å². The third kappa shape index (κ3) is 4.30. The van der Waals surface area contributed by atoms with E-state index in [0.29, 0.717) is 17.5 Å². The Morgan fingerprint density at radius 2 is 1.10 bits per heavy atom. The van der Waals surface area contributed by atoms with Gasteiger partial charge in [-0.15, -0.1) is 11.3 Å². The summed E-state index contributed by atoms with van der Waals surface area (Å²) in [5.41, 5.74) is 7.85. The van der Waals surface area contributed by atoms with Crippen LogP contribution in [0.15, 0.2) is 162 Å². The highest BCUT2D eigenvalue weighted by Gasteiger charge is 2.20. The zero-order valence-corrected chi connectivity index (χ0v) is 27.9. The first-order chi connectivity index (χ1) is 25.3. The summed E-state index contributed by atoms with van der Waals surface area (Å²) < 4.78 is 11.2. The molecule has 5 nitrogen and oxygen atoms in total. The Kier molecular flexibility index (Phi) is 6.05. The van der Waals surface area contributed by atoms with Gasteiger partial charge in [-0.05, 0) is 54.6 Å². The van der Waals surface area contributed by atoms with Gasteiger partial charge in [0.2, 0.25) is 0 Å². The Morgan fingerprint density at radius 1 is 0.431 bits per heavy atom. The number of hydrogen-bond acceptors (Lipinski definition) is 5. The van der Waals surface area contributed by atoms with E-state index in [0.717, 1.165) is 44.3 Å². The van der Waals surface area contributed by atoms with Crippen LogP contribution < -0.4 is 0 Å². The van der Waals surface area contributed by atoms with E-state index < -0.39 is 0 Å². The van der Waals surface area contributed by atoms with Crippen molar-refractivity contribution in [3.63, 3.8) is 0 Å². The van der Waals surface area contributed by atoms with Crippen LogP contribution in [0.3, 0.4) is 0 Å². The number of hydrogen-bond donors (Lipinski definition) is 0. The second-order valence-corrected chi connectivity index (χ2v) is 13.8. The van der Waals surface area contributed by atoms with E-state index in [1.807, 2.05) is 72.0 Å². The summed E-state index contributed by atoms with van der Waals surface area (Å²) in [5, 5.41) is 7.20. The SMILES string of the molecule is c1ccc(-c2nc(-c3ccc(-n4c5ccccc5c5c6sc7ccccc7c6ccc54)cc3)nc(-c3cccc4oc5ccccc5c34)n2)cc1. The smallest absolute Gasteiger partial charge is 0.164 e. The van der Waals surface area contributed by atoms with E-state index in [2.05, 4.69) is 102 Å². The van der Waals surface area contributed by atoms with Crippen molar-refractivity contribution >= 4 is 75.3 Å². The van der Waals surface area contributed by atoms with Crippen molar-refractivity contribution in [1.29, 1.82) is 0 Å². The summed E-state index contributed by atoms with van der Waals surface area (Å²) >= 11 is 1.87. The average molecular weight is 671 g/mol. The highest BCUT2D eigenvalue weighted by Crippen LogP contribution is 2.43. The van der Waals surface area contributed by atoms with Gasteiger partial charge in [0.1, 0.15) is 11.2 Å². The minimum atomic E-state index is 0.606. The van der Waals surface area contributed by atoms with Gasteiger partial charge in [-0.1, -0.05) is 103 Å². The average Bonchev–Trinajstić information content (AvgIpc) is 3.88. The predicted molar refractivity (Wildman–Crippen MR) is 211 cm³/mol. The molecule has 0 aliphatic carbocycles. The van der Waals surface area contributed by atoms with Gasteiger partial charge >= 0.3 is 0 Å². The molecule has 0 fully saturated rings. The molecule has 0 atom stereocenters. The van der Waals surface area contributed by atoms with Crippen molar-refractivity contribution in [2.75, 3.05) is 0 Å². The molecule has 7 aromatic carbocycles. The Labute approximate surface area is 295 Å². The third-order valence-corrected chi connectivity index (χ3v) is 11.1. The molecule has 0 bridgehead atoms. The van der Waals surface area contributed by atoms with Gasteiger partial charge in [0.25, 0.3) is 0 Å². The van der Waals surface area contributed by atoms with Crippen LogP contribution in [-0.4, -0.2) is 19.5 Å². The lowest BCUT2D eigenvalue weighted by atomic mass is 10.1. The van der Waals surface area contributed by atoms with E-state index in [-0.39, 0.29) is 0 Å². The highest BCUT2D eigenvalue weighted by atomic mass is 32.1. The molecule has 6 heteroatoms. The monoisotopic (exact) mass is 670 g/mol. The van der Waals surface area contributed by atoms with Crippen molar-refractivity contribution in [2.45, 2.75) is 0 Å². The lowest BCUT2D eigenvalue weighted by molar-refractivity contribution is 0.669. The zero-order valence-electron chi connectivity index (χ0n) is 27.1. The zero-order chi connectivity index (χ0) is 33.5. The van der Waals surface area contributed by atoms with E-state index >= 15 is 0 Å². The van der Waals surface area contributed by atoms with Crippen LogP contribution in [-0.2, 0) is 0 Å². The Balaban J connectivity index is 1.09. The fourth-order valence-electron chi connectivity index (χ4n) is 7.58. The first-order valence-electron chi connectivity index (χ1n) is 16.9. The third-order valence-electron chi connectivity index (χ3n) is 9.87. The van der Waals surface area contributed by atoms with E-state index in [1.54, 1.807) is 0 Å². The number of benzene rings is 7. The van der Waals surface area contributed by atoms with Crippen LogP contribution in [0.2, 0.25) is 0 Å². The molecule has 0 N–H and O–H groups in total. The first-order valence-corrected chi connectivity index (χ1v) is 17.8. The molecule has 4 heterocycles. The van der Waals surface area contributed by atoms with Crippen LogP contribution in [0.4, 0.5) is 0 Å². The molecule has 4 aromatic heterocycles. The normalized spacial score (nSPS) is 11.9. The highest BCUT2D eigenvalue weighted by molar-refractivity contribution is 7.26. The first kappa shape index (κ1) is 28.2. The maximum Gasteiger partial charge on any atom is 0.164 e. The maximum atomic E-state index is 6.22. The summed E-state index contributed by atoms with van der Waals surface area (Å²) in [6.45, 7) is 0.